The number of aromatic nitrogens is 2. The van der Waals surface area contributed by atoms with Crippen molar-refractivity contribution in [2.24, 2.45) is 11.8 Å². The van der Waals surface area contributed by atoms with Crippen molar-refractivity contribution in [3.05, 3.63) is 21.3 Å². The zero-order valence-corrected chi connectivity index (χ0v) is 22.9. The summed E-state index contributed by atoms with van der Waals surface area (Å²) in [5.41, 5.74) is 2.21. The van der Waals surface area contributed by atoms with Crippen molar-refractivity contribution in [3.63, 3.8) is 0 Å². The van der Waals surface area contributed by atoms with Crippen molar-refractivity contribution in [1.29, 1.82) is 0 Å². The van der Waals surface area contributed by atoms with E-state index in [-0.39, 0.29) is 23.3 Å². The van der Waals surface area contributed by atoms with Crippen LogP contribution in [0.25, 0.3) is 0 Å². The third-order valence-electron chi connectivity index (χ3n) is 7.12. The van der Waals surface area contributed by atoms with Crippen LogP contribution in [0.3, 0.4) is 0 Å². The number of thioether (sulfide) groups is 1. The maximum atomic E-state index is 14.0. The van der Waals surface area contributed by atoms with Crippen molar-refractivity contribution in [2.75, 3.05) is 4.90 Å². The highest BCUT2D eigenvalue weighted by Gasteiger charge is 2.38. The van der Waals surface area contributed by atoms with Crippen molar-refractivity contribution >= 4 is 52.0 Å². The fourth-order valence-corrected chi connectivity index (χ4v) is 8.03. The number of carboxylic acids is 1. The fraction of sp³-hybridized carbons (Fsp3) is 0.680. The topological polar surface area (TPSA) is 83.4 Å². The summed E-state index contributed by atoms with van der Waals surface area (Å²) in [5.74, 6) is -0.156. The summed E-state index contributed by atoms with van der Waals surface area (Å²) in [6.07, 6.45) is 7.67. The van der Waals surface area contributed by atoms with Gasteiger partial charge in [0, 0.05) is 22.1 Å². The van der Waals surface area contributed by atoms with Crippen molar-refractivity contribution < 1.29 is 14.7 Å². The summed E-state index contributed by atoms with van der Waals surface area (Å²) in [4.78, 5) is 29.5. The monoisotopic (exact) mass is 521 g/mol. The molecule has 0 radical (unpaired) electrons. The number of thiophene rings is 1. The molecule has 0 unspecified atom stereocenters. The van der Waals surface area contributed by atoms with Crippen LogP contribution in [-0.4, -0.2) is 38.5 Å². The number of anilines is 1. The van der Waals surface area contributed by atoms with Crippen LogP contribution >= 0.6 is 34.4 Å². The summed E-state index contributed by atoms with van der Waals surface area (Å²) < 4.78 is 0.994. The molecule has 2 aromatic rings. The van der Waals surface area contributed by atoms with Crippen molar-refractivity contribution in [1.82, 2.24) is 10.2 Å². The van der Waals surface area contributed by atoms with Crippen LogP contribution in [-0.2, 0) is 10.2 Å². The second-order valence-electron chi connectivity index (χ2n) is 10.8. The fourth-order valence-electron chi connectivity index (χ4n) is 5.06. The summed E-state index contributed by atoms with van der Waals surface area (Å²) in [6.45, 7) is 8.54. The summed E-state index contributed by atoms with van der Waals surface area (Å²) >= 11 is 4.67. The Morgan fingerprint density at radius 2 is 1.76 bits per heavy atom. The second-order valence-corrected chi connectivity index (χ2v) is 14.2. The van der Waals surface area contributed by atoms with Gasteiger partial charge in [-0.05, 0) is 68.8 Å². The highest BCUT2D eigenvalue weighted by molar-refractivity contribution is 8.01. The number of aromatic carboxylic acids is 1. The standard InChI is InChI=1S/C25H35N3O3S3/c1-15-5-7-16(8-6-15)22(29)28(19-13-20(25(2,3)4)34-21(19)23(30)31)17-9-11-18(12-10-17)33-24-27-26-14-32-24/h13-18H,5-12H2,1-4H3,(H,30,31). The third-order valence-corrected chi connectivity index (χ3v) is 10.8. The van der Waals surface area contributed by atoms with Gasteiger partial charge in [0.25, 0.3) is 0 Å². The van der Waals surface area contributed by atoms with Gasteiger partial charge in [-0.3, -0.25) is 4.79 Å². The minimum atomic E-state index is -0.939. The summed E-state index contributed by atoms with van der Waals surface area (Å²) in [5, 5.41) is 18.6. The van der Waals surface area contributed by atoms with Crippen LogP contribution in [0, 0.1) is 11.8 Å². The van der Waals surface area contributed by atoms with E-state index in [1.54, 1.807) is 28.6 Å². The Morgan fingerprint density at radius 3 is 2.32 bits per heavy atom. The molecule has 0 atom stereocenters. The molecule has 186 valence electrons. The number of hydrogen-bond acceptors (Lipinski definition) is 7. The predicted octanol–water partition coefficient (Wildman–Crippen LogP) is 6.86. The van der Waals surface area contributed by atoms with E-state index < -0.39 is 5.97 Å². The molecule has 0 aliphatic heterocycles. The largest absolute Gasteiger partial charge is 0.477 e. The van der Waals surface area contributed by atoms with Gasteiger partial charge in [0.15, 0.2) is 4.34 Å². The number of rotatable bonds is 6. The maximum absolute atomic E-state index is 14.0. The quantitative estimate of drug-likeness (QED) is 0.447. The van der Waals surface area contributed by atoms with Crippen molar-refractivity contribution in [2.45, 2.75) is 100 Å². The lowest BCUT2D eigenvalue weighted by atomic mass is 9.81. The molecule has 2 fully saturated rings. The van der Waals surface area contributed by atoms with E-state index >= 15 is 0 Å². The average Bonchev–Trinajstić information content (AvgIpc) is 3.46. The number of amides is 1. The molecule has 1 N–H and O–H groups in total. The first-order valence-corrected chi connectivity index (χ1v) is 14.8. The summed E-state index contributed by atoms with van der Waals surface area (Å²) in [7, 11) is 0. The molecule has 0 aromatic carbocycles. The molecule has 0 bridgehead atoms. The normalized spacial score (nSPS) is 25.8. The molecule has 2 saturated carbocycles. The van der Waals surface area contributed by atoms with Gasteiger partial charge in [-0.1, -0.05) is 50.8 Å². The van der Waals surface area contributed by atoms with E-state index in [9.17, 15) is 14.7 Å². The number of carbonyl (C=O) groups excluding carboxylic acids is 1. The Balaban J connectivity index is 1.61. The maximum Gasteiger partial charge on any atom is 0.348 e. The Labute approximate surface area is 214 Å². The number of nitrogens with zero attached hydrogens (tertiary/aromatic N) is 3. The first kappa shape index (κ1) is 25.6. The zero-order valence-electron chi connectivity index (χ0n) is 20.5. The van der Waals surface area contributed by atoms with Crippen LogP contribution in [0.2, 0.25) is 0 Å². The van der Waals surface area contributed by atoms with Gasteiger partial charge in [0.05, 0.1) is 5.69 Å². The first-order chi connectivity index (χ1) is 16.1. The van der Waals surface area contributed by atoms with E-state index in [4.69, 9.17) is 0 Å². The highest BCUT2D eigenvalue weighted by atomic mass is 32.2. The molecule has 0 spiro atoms. The van der Waals surface area contributed by atoms with E-state index in [0.717, 1.165) is 60.6 Å². The lowest BCUT2D eigenvalue weighted by Gasteiger charge is -2.39. The number of carboxylic acid groups (broad SMARTS) is 1. The molecule has 6 nitrogen and oxygen atoms in total. The predicted molar refractivity (Wildman–Crippen MR) is 140 cm³/mol. The Hall–Kier alpha value is -1.45. The SMILES string of the molecule is CC1CCC(C(=O)N(c2cc(C(C)(C)C)sc2C(=O)O)C2CCC(Sc3nncs3)CC2)CC1. The third kappa shape index (κ3) is 5.85. The zero-order chi connectivity index (χ0) is 24.5. The molecule has 9 heteroatoms. The molecule has 34 heavy (non-hydrogen) atoms. The molecule has 0 saturated heterocycles. The molecule has 2 aliphatic rings. The van der Waals surface area contributed by atoms with Crippen LogP contribution in [0.5, 0.6) is 0 Å². The van der Waals surface area contributed by atoms with Gasteiger partial charge < -0.3 is 10.0 Å². The van der Waals surface area contributed by atoms with Crippen LogP contribution < -0.4 is 4.90 Å². The molecule has 2 aliphatic carbocycles. The lowest BCUT2D eigenvalue weighted by molar-refractivity contribution is -0.124. The Morgan fingerprint density at radius 1 is 1.09 bits per heavy atom. The van der Waals surface area contributed by atoms with Gasteiger partial charge in [-0.15, -0.1) is 21.5 Å². The number of hydrogen-bond donors (Lipinski definition) is 1. The van der Waals surface area contributed by atoms with Gasteiger partial charge in [0.1, 0.15) is 10.4 Å². The van der Waals surface area contributed by atoms with Crippen LogP contribution in [0.4, 0.5) is 5.69 Å². The Kier molecular flexibility index (Phi) is 8.04. The second kappa shape index (κ2) is 10.7. The molecular weight excluding hydrogens is 486 g/mol. The molecule has 2 aromatic heterocycles. The van der Waals surface area contributed by atoms with E-state index in [1.165, 1.54) is 11.3 Å². The van der Waals surface area contributed by atoms with E-state index in [2.05, 4.69) is 37.9 Å². The van der Waals surface area contributed by atoms with E-state index in [1.807, 2.05) is 11.0 Å². The summed E-state index contributed by atoms with van der Waals surface area (Å²) in [6, 6.07) is 2.03. The van der Waals surface area contributed by atoms with E-state index in [0.29, 0.717) is 21.7 Å². The number of carbonyl (C=O) groups is 2. The smallest absolute Gasteiger partial charge is 0.348 e. The van der Waals surface area contributed by atoms with Gasteiger partial charge in [-0.25, -0.2) is 4.79 Å². The van der Waals surface area contributed by atoms with Gasteiger partial charge in [0.2, 0.25) is 5.91 Å². The van der Waals surface area contributed by atoms with Crippen LogP contribution in [0.15, 0.2) is 15.9 Å². The highest BCUT2D eigenvalue weighted by Crippen LogP contribution is 2.43. The molecule has 1 amide bonds. The van der Waals surface area contributed by atoms with Gasteiger partial charge in [-0.2, -0.15) is 0 Å². The minimum absolute atomic E-state index is 0.00989. The first-order valence-electron chi connectivity index (χ1n) is 12.3. The molecule has 4 rings (SSSR count). The molecular formula is C25H35N3O3S3. The van der Waals surface area contributed by atoms with Crippen molar-refractivity contribution in [3.8, 4) is 0 Å². The average molecular weight is 522 g/mol. The minimum Gasteiger partial charge on any atom is -0.477 e. The van der Waals surface area contributed by atoms with Gasteiger partial charge >= 0.3 is 5.97 Å². The van der Waals surface area contributed by atoms with Crippen LogP contribution in [0.1, 0.15) is 93.6 Å². The molecule has 2 heterocycles. The Bertz CT molecular complexity index is 983. The lowest BCUT2D eigenvalue weighted by Crippen LogP contribution is -2.46.